The summed E-state index contributed by atoms with van der Waals surface area (Å²) in [4.78, 5) is 8.60. The number of ether oxygens (including phenoxy) is 2. The largest absolute Gasteiger partial charge is 0.349 e. The Bertz CT molecular complexity index is 891. The van der Waals surface area contributed by atoms with Gasteiger partial charge in [0.1, 0.15) is 11.6 Å². The second-order valence-corrected chi connectivity index (χ2v) is 5.89. The van der Waals surface area contributed by atoms with Crippen LogP contribution in [0.5, 0.6) is 0 Å². The van der Waals surface area contributed by atoms with Crippen molar-refractivity contribution < 1.29 is 13.9 Å². The summed E-state index contributed by atoms with van der Waals surface area (Å²) in [6, 6.07) is 5.42. The predicted molar refractivity (Wildman–Crippen MR) is 94.9 cm³/mol. The maximum Gasteiger partial charge on any atom is 0.187 e. The quantitative estimate of drug-likeness (QED) is 0.605. The number of benzene rings is 1. The lowest BCUT2D eigenvalue weighted by Gasteiger charge is -2.20. The first-order valence-electron chi connectivity index (χ1n) is 8.05. The fourth-order valence-corrected chi connectivity index (χ4v) is 2.95. The van der Waals surface area contributed by atoms with Crippen LogP contribution in [0.15, 0.2) is 30.6 Å². The van der Waals surface area contributed by atoms with Gasteiger partial charge < -0.3 is 14.0 Å². The number of hydrogen-bond acceptors (Lipinski definition) is 4. The van der Waals surface area contributed by atoms with Gasteiger partial charge in [-0.25, -0.2) is 9.37 Å². The number of rotatable bonds is 6. The number of aryl methyl sites for hydroxylation is 1. The molecule has 1 aromatic carbocycles. The van der Waals surface area contributed by atoms with Crippen molar-refractivity contribution in [3.63, 3.8) is 0 Å². The Labute approximate surface area is 150 Å². The van der Waals surface area contributed by atoms with Crippen molar-refractivity contribution in [1.29, 1.82) is 0 Å². The molecule has 0 spiro atoms. The zero-order valence-electron chi connectivity index (χ0n) is 14.3. The highest BCUT2D eigenvalue weighted by molar-refractivity contribution is 6.31. The molecule has 2 aromatic heterocycles. The maximum absolute atomic E-state index is 14.6. The highest BCUT2D eigenvalue weighted by Crippen LogP contribution is 2.33. The van der Waals surface area contributed by atoms with Crippen molar-refractivity contribution in [1.82, 2.24) is 14.5 Å². The van der Waals surface area contributed by atoms with Crippen molar-refractivity contribution in [2.45, 2.75) is 20.1 Å². The van der Waals surface area contributed by atoms with Gasteiger partial charge in [0.2, 0.25) is 0 Å². The predicted octanol–water partition coefficient (Wildman–Crippen LogP) is 4.50. The van der Waals surface area contributed by atoms with Crippen molar-refractivity contribution in [3.05, 3.63) is 47.0 Å². The third-order valence-electron chi connectivity index (χ3n) is 3.89. The molecule has 0 bridgehead atoms. The van der Waals surface area contributed by atoms with Gasteiger partial charge in [-0.3, -0.25) is 4.98 Å². The summed E-state index contributed by atoms with van der Waals surface area (Å²) in [6.45, 7) is 4.46. The Morgan fingerprint density at radius 3 is 2.60 bits per heavy atom. The Morgan fingerprint density at radius 2 is 1.92 bits per heavy atom. The first-order chi connectivity index (χ1) is 12.1. The average Bonchev–Trinajstić information content (AvgIpc) is 2.91. The highest BCUT2D eigenvalue weighted by Gasteiger charge is 2.24. The molecule has 0 N–H and O–H groups in total. The van der Waals surface area contributed by atoms with Gasteiger partial charge in [0.25, 0.3) is 0 Å². The highest BCUT2D eigenvalue weighted by atomic mass is 35.5. The minimum Gasteiger partial charge on any atom is -0.349 e. The normalized spacial score (nSPS) is 11.6. The molecule has 0 amide bonds. The average molecular weight is 364 g/mol. The lowest BCUT2D eigenvalue weighted by Crippen LogP contribution is -2.13. The third kappa shape index (κ3) is 3.38. The number of aromatic nitrogens is 3. The summed E-state index contributed by atoms with van der Waals surface area (Å²) >= 11 is 6.08. The van der Waals surface area contributed by atoms with Gasteiger partial charge in [-0.05, 0) is 32.0 Å². The lowest BCUT2D eigenvalue weighted by atomic mass is 10.1. The number of fused-ring (bicyclic) bond motifs is 1. The summed E-state index contributed by atoms with van der Waals surface area (Å²) in [5.74, 6) is 0.0816. The monoisotopic (exact) mass is 363 g/mol. The van der Waals surface area contributed by atoms with E-state index in [2.05, 4.69) is 9.97 Å². The standard InChI is InChI=1S/C18H19ClFN3O2/c1-4-24-18(25-5-2)16-12(9-21-10-13(16)20)17-22-14-7-6-11(19)8-15(14)23(17)3/h6-10,18H,4-5H2,1-3H3. The van der Waals surface area contributed by atoms with E-state index < -0.39 is 12.1 Å². The molecule has 0 aliphatic heterocycles. The van der Waals surface area contributed by atoms with Crippen LogP contribution in [-0.2, 0) is 16.5 Å². The molecule has 2 heterocycles. The van der Waals surface area contributed by atoms with Crippen LogP contribution in [0, 0.1) is 5.82 Å². The Morgan fingerprint density at radius 1 is 1.20 bits per heavy atom. The number of pyridine rings is 1. The Hall–Kier alpha value is -2.02. The summed E-state index contributed by atoms with van der Waals surface area (Å²) < 4.78 is 27.7. The fraction of sp³-hybridized carbons (Fsp3) is 0.333. The van der Waals surface area contributed by atoms with Crippen LogP contribution in [0.3, 0.4) is 0 Å². The van der Waals surface area contributed by atoms with E-state index in [-0.39, 0.29) is 0 Å². The molecule has 0 unspecified atom stereocenters. The number of hydrogen-bond donors (Lipinski definition) is 0. The van der Waals surface area contributed by atoms with Crippen molar-refractivity contribution in [2.75, 3.05) is 13.2 Å². The van der Waals surface area contributed by atoms with Crippen LogP contribution in [-0.4, -0.2) is 27.7 Å². The van der Waals surface area contributed by atoms with Gasteiger partial charge in [-0.15, -0.1) is 0 Å². The van der Waals surface area contributed by atoms with Crippen LogP contribution >= 0.6 is 11.6 Å². The van der Waals surface area contributed by atoms with Crippen molar-refractivity contribution >= 4 is 22.6 Å². The van der Waals surface area contributed by atoms with E-state index in [1.807, 2.05) is 37.6 Å². The Kier molecular flexibility index (Phi) is 5.32. The molecule has 0 aliphatic carbocycles. The molecule has 3 aromatic rings. The lowest BCUT2D eigenvalue weighted by molar-refractivity contribution is -0.141. The van der Waals surface area contributed by atoms with Gasteiger partial charge in [0, 0.05) is 37.0 Å². The minimum absolute atomic E-state index is 0.295. The van der Waals surface area contributed by atoms with Gasteiger partial charge in [0.15, 0.2) is 6.29 Å². The fourth-order valence-electron chi connectivity index (χ4n) is 2.78. The number of imidazole rings is 1. The molecule has 0 saturated carbocycles. The van der Waals surface area contributed by atoms with Gasteiger partial charge in [-0.2, -0.15) is 0 Å². The van der Waals surface area contributed by atoms with Crippen LogP contribution in [0.4, 0.5) is 4.39 Å². The number of nitrogens with zero attached hydrogens (tertiary/aromatic N) is 3. The second-order valence-electron chi connectivity index (χ2n) is 5.45. The van der Waals surface area contributed by atoms with E-state index >= 15 is 0 Å². The molecule has 0 saturated heterocycles. The molecule has 5 nitrogen and oxygen atoms in total. The van der Waals surface area contributed by atoms with Crippen LogP contribution in [0.2, 0.25) is 5.02 Å². The molecule has 3 rings (SSSR count). The maximum atomic E-state index is 14.6. The van der Waals surface area contributed by atoms with E-state index in [0.717, 1.165) is 17.2 Å². The van der Waals surface area contributed by atoms with E-state index in [1.165, 1.54) is 0 Å². The first kappa shape index (κ1) is 17.8. The summed E-state index contributed by atoms with van der Waals surface area (Å²) in [7, 11) is 1.85. The zero-order chi connectivity index (χ0) is 18.0. The molecule has 0 fully saturated rings. The minimum atomic E-state index is -0.823. The van der Waals surface area contributed by atoms with E-state index in [0.29, 0.717) is 35.2 Å². The third-order valence-corrected chi connectivity index (χ3v) is 4.13. The second kappa shape index (κ2) is 7.47. The van der Waals surface area contributed by atoms with Crippen LogP contribution in [0.1, 0.15) is 25.7 Å². The van der Waals surface area contributed by atoms with Gasteiger partial charge in [-0.1, -0.05) is 11.6 Å². The van der Waals surface area contributed by atoms with E-state index in [4.69, 9.17) is 21.1 Å². The summed E-state index contributed by atoms with van der Waals surface area (Å²) in [6.07, 6.45) is 1.91. The summed E-state index contributed by atoms with van der Waals surface area (Å²) in [5.41, 5.74) is 2.44. The van der Waals surface area contributed by atoms with Crippen molar-refractivity contribution in [3.8, 4) is 11.4 Å². The van der Waals surface area contributed by atoms with Gasteiger partial charge >= 0.3 is 0 Å². The molecular weight excluding hydrogens is 345 g/mol. The molecular formula is C18H19ClFN3O2. The molecule has 0 radical (unpaired) electrons. The van der Waals surface area contributed by atoms with E-state index in [9.17, 15) is 4.39 Å². The van der Waals surface area contributed by atoms with Crippen LogP contribution in [0.25, 0.3) is 22.4 Å². The Balaban J connectivity index is 2.21. The van der Waals surface area contributed by atoms with E-state index in [1.54, 1.807) is 12.3 Å². The number of halogens is 2. The zero-order valence-corrected chi connectivity index (χ0v) is 15.0. The molecule has 25 heavy (non-hydrogen) atoms. The topological polar surface area (TPSA) is 49.2 Å². The molecule has 0 atom stereocenters. The SMILES string of the molecule is CCOC(OCC)c1c(F)cncc1-c1nc2ccc(Cl)cc2n1C. The molecule has 0 aliphatic rings. The summed E-state index contributed by atoms with van der Waals surface area (Å²) in [5, 5.41) is 0.612. The van der Waals surface area contributed by atoms with Crippen molar-refractivity contribution in [2.24, 2.45) is 7.05 Å². The smallest absolute Gasteiger partial charge is 0.187 e. The van der Waals surface area contributed by atoms with Gasteiger partial charge in [0.05, 0.1) is 22.8 Å². The van der Waals surface area contributed by atoms with Crippen LogP contribution < -0.4 is 0 Å². The first-order valence-corrected chi connectivity index (χ1v) is 8.43. The molecule has 132 valence electrons. The molecule has 7 heteroatoms.